The highest BCUT2D eigenvalue weighted by Gasteiger charge is 2.27. The predicted molar refractivity (Wildman–Crippen MR) is 112 cm³/mol. The number of fused-ring (bicyclic) bond motifs is 1. The number of piperazine rings is 1. The van der Waals surface area contributed by atoms with Gasteiger partial charge in [0.2, 0.25) is 0 Å². The monoisotopic (exact) mass is 380 g/mol. The molecule has 1 aliphatic carbocycles. The van der Waals surface area contributed by atoms with Gasteiger partial charge in [-0.15, -0.1) is 0 Å². The Morgan fingerprint density at radius 3 is 2.50 bits per heavy atom. The Kier molecular flexibility index (Phi) is 5.32. The van der Waals surface area contributed by atoms with Crippen LogP contribution in [0.1, 0.15) is 30.4 Å². The molecule has 2 fully saturated rings. The largest absolute Gasteiger partial charge is 0.371 e. The van der Waals surface area contributed by atoms with Gasteiger partial charge >= 0.3 is 0 Å². The van der Waals surface area contributed by atoms with Crippen molar-refractivity contribution in [3.63, 3.8) is 0 Å². The molecule has 1 aromatic heterocycles. The van der Waals surface area contributed by atoms with Crippen LogP contribution in [0.5, 0.6) is 0 Å². The van der Waals surface area contributed by atoms with E-state index in [4.69, 9.17) is 0 Å². The van der Waals surface area contributed by atoms with Crippen molar-refractivity contribution in [1.29, 1.82) is 0 Å². The third-order valence-corrected chi connectivity index (χ3v) is 6.95. The highest BCUT2D eigenvalue weighted by Crippen LogP contribution is 2.29. The number of rotatable bonds is 5. The quantitative estimate of drug-likeness (QED) is 0.794. The van der Waals surface area contributed by atoms with Crippen LogP contribution < -0.4 is 4.90 Å². The van der Waals surface area contributed by atoms with E-state index in [2.05, 4.69) is 43.0 Å². The minimum atomic E-state index is 0.767. The first-order valence-corrected chi connectivity index (χ1v) is 11.0. The Hall–Kier alpha value is -1.92. The van der Waals surface area contributed by atoms with Crippen molar-refractivity contribution < 1.29 is 0 Å². The lowest BCUT2D eigenvalue weighted by molar-refractivity contribution is 0.0825. The summed E-state index contributed by atoms with van der Waals surface area (Å²) in [6.07, 6.45) is 9.93. The fraction of sp³-hybridized carbons (Fsp3) is 0.636. The number of benzene rings is 1. The molecule has 6 heteroatoms. The van der Waals surface area contributed by atoms with Gasteiger partial charge in [-0.1, -0.05) is 6.07 Å². The van der Waals surface area contributed by atoms with Crippen LogP contribution in [0.15, 0.2) is 30.9 Å². The molecule has 0 unspecified atom stereocenters. The molecular formula is C22H32N6. The lowest BCUT2D eigenvalue weighted by Crippen LogP contribution is -2.53. The Bertz CT molecular complexity index is 757. The van der Waals surface area contributed by atoms with Crippen LogP contribution in [0.3, 0.4) is 0 Å². The first-order valence-electron chi connectivity index (χ1n) is 11.0. The normalized spacial score (nSPS) is 21.9. The summed E-state index contributed by atoms with van der Waals surface area (Å²) in [6, 6.07) is 7.97. The molecule has 5 rings (SSSR count). The molecule has 3 aliphatic rings. The fourth-order valence-corrected chi connectivity index (χ4v) is 5.19. The Balaban J connectivity index is 1.08. The highest BCUT2D eigenvalue weighted by atomic mass is 15.3. The van der Waals surface area contributed by atoms with Crippen LogP contribution in [-0.4, -0.2) is 76.4 Å². The molecule has 0 amide bonds. The van der Waals surface area contributed by atoms with Gasteiger partial charge in [0.1, 0.15) is 12.7 Å². The van der Waals surface area contributed by atoms with E-state index < -0.39 is 0 Å². The van der Waals surface area contributed by atoms with Crippen LogP contribution in [0, 0.1) is 0 Å². The van der Waals surface area contributed by atoms with Gasteiger partial charge in [0.05, 0.1) is 6.54 Å². The third kappa shape index (κ3) is 3.94. The number of aryl methyl sites for hydroxylation is 2. The van der Waals surface area contributed by atoms with E-state index in [9.17, 15) is 0 Å². The summed E-state index contributed by atoms with van der Waals surface area (Å²) >= 11 is 0. The summed E-state index contributed by atoms with van der Waals surface area (Å²) in [6.45, 7) is 9.21. The lowest BCUT2D eigenvalue weighted by Gasteiger charge is -2.43. The third-order valence-electron chi connectivity index (χ3n) is 6.95. The molecule has 2 aromatic rings. The van der Waals surface area contributed by atoms with E-state index in [1.165, 1.54) is 77.1 Å². The number of hydrogen-bond donors (Lipinski definition) is 0. The van der Waals surface area contributed by atoms with E-state index in [1.54, 1.807) is 17.5 Å². The smallest absolute Gasteiger partial charge is 0.137 e. The molecular weight excluding hydrogens is 348 g/mol. The second-order valence-corrected chi connectivity index (χ2v) is 8.56. The molecule has 6 nitrogen and oxygen atoms in total. The molecule has 0 N–H and O–H groups in total. The van der Waals surface area contributed by atoms with Gasteiger partial charge in [0.25, 0.3) is 0 Å². The number of piperidine rings is 1. The van der Waals surface area contributed by atoms with Gasteiger partial charge < -0.3 is 4.90 Å². The summed E-state index contributed by atoms with van der Waals surface area (Å²) in [5.41, 5.74) is 4.64. The summed E-state index contributed by atoms with van der Waals surface area (Å²) < 4.78 is 1.93. The van der Waals surface area contributed by atoms with Crippen molar-refractivity contribution in [3.05, 3.63) is 42.0 Å². The Morgan fingerprint density at radius 2 is 1.71 bits per heavy atom. The van der Waals surface area contributed by atoms with Crippen LogP contribution in [0.25, 0.3) is 0 Å². The van der Waals surface area contributed by atoms with Gasteiger partial charge in [-0.05, 0) is 55.4 Å². The van der Waals surface area contributed by atoms with Gasteiger partial charge in [0, 0.05) is 57.5 Å². The van der Waals surface area contributed by atoms with E-state index in [1.807, 2.05) is 11.0 Å². The molecule has 0 spiro atoms. The molecule has 0 bridgehead atoms. The average Bonchev–Trinajstić information content (AvgIpc) is 3.44. The van der Waals surface area contributed by atoms with Crippen LogP contribution in [0.4, 0.5) is 5.69 Å². The number of nitrogens with zero attached hydrogens (tertiary/aromatic N) is 6. The first kappa shape index (κ1) is 18.1. The number of hydrogen-bond acceptors (Lipinski definition) is 5. The summed E-state index contributed by atoms with van der Waals surface area (Å²) in [7, 11) is 0. The van der Waals surface area contributed by atoms with Crippen molar-refractivity contribution in [2.75, 3.05) is 50.7 Å². The van der Waals surface area contributed by atoms with E-state index >= 15 is 0 Å². The van der Waals surface area contributed by atoms with Crippen molar-refractivity contribution in [1.82, 2.24) is 24.6 Å². The lowest BCUT2D eigenvalue weighted by atomic mass is 10.0. The van der Waals surface area contributed by atoms with Crippen molar-refractivity contribution >= 4 is 5.69 Å². The minimum absolute atomic E-state index is 0.767. The van der Waals surface area contributed by atoms with Gasteiger partial charge in [-0.2, -0.15) is 5.10 Å². The topological polar surface area (TPSA) is 40.4 Å². The maximum absolute atomic E-state index is 4.20. The zero-order valence-corrected chi connectivity index (χ0v) is 16.8. The first-order chi connectivity index (χ1) is 13.8. The Morgan fingerprint density at radius 1 is 0.893 bits per heavy atom. The Labute approximate surface area is 168 Å². The zero-order chi connectivity index (χ0) is 18.8. The molecule has 1 aromatic carbocycles. The fourth-order valence-electron chi connectivity index (χ4n) is 5.19. The predicted octanol–water partition coefficient (Wildman–Crippen LogP) is 2.05. The van der Waals surface area contributed by atoms with Crippen molar-refractivity contribution in [2.45, 2.75) is 44.7 Å². The number of aromatic nitrogens is 3. The molecule has 0 saturated carbocycles. The average molecular weight is 381 g/mol. The second-order valence-electron chi connectivity index (χ2n) is 8.56. The van der Waals surface area contributed by atoms with Crippen LogP contribution in [0.2, 0.25) is 0 Å². The van der Waals surface area contributed by atoms with E-state index in [0.29, 0.717) is 0 Å². The standard InChI is InChI=1S/C22H32N6/c1-2-19-4-5-22(16-20(19)3-1)26-8-6-21(7-9-26)27-13-10-25(11-14-27)12-15-28-18-23-17-24-28/h4-5,16-18,21H,1-3,6-15H2. The van der Waals surface area contributed by atoms with Crippen molar-refractivity contribution in [3.8, 4) is 0 Å². The van der Waals surface area contributed by atoms with Gasteiger partial charge in [-0.3, -0.25) is 14.5 Å². The van der Waals surface area contributed by atoms with E-state index in [0.717, 1.165) is 19.1 Å². The van der Waals surface area contributed by atoms with Crippen LogP contribution in [-0.2, 0) is 19.4 Å². The maximum Gasteiger partial charge on any atom is 0.137 e. The minimum Gasteiger partial charge on any atom is -0.371 e. The second kappa shape index (κ2) is 8.21. The maximum atomic E-state index is 4.20. The summed E-state index contributed by atoms with van der Waals surface area (Å²) in [5, 5.41) is 4.20. The SMILES string of the molecule is c1ncn(CCN2CCN(C3CCN(c4ccc5c(c4)CCC5)CC3)CC2)n1. The molecule has 0 atom stereocenters. The highest BCUT2D eigenvalue weighted by molar-refractivity contribution is 5.52. The van der Waals surface area contributed by atoms with Crippen molar-refractivity contribution in [2.24, 2.45) is 0 Å². The molecule has 3 heterocycles. The molecule has 2 aliphatic heterocycles. The summed E-state index contributed by atoms with van der Waals surface area (Å²) in [4.78, 5) is 11.9. The van der Waals surface area contributed by atoms with E-state index in [-0.39, 0.29) is 0 Å². The molecule has 0 radical (unpaired) electrons. The molecule has 28 heavy (non-hydrogen) atoms. The van der Waals surface area contributed by atoms with Gasteiger partial charge in [-0.25, -0.2) is 4.98 Å². The van der Waals surface area contributed by atoms with Gasteiger partial charge in [0.15, 0.2) is 0 Å². The van der Waals surface area contributed by atoms with Crippen LogP contribution >= 0.6 is 0 Å². The molecule has 2 saturated heterocycles. The zero-order valence-electron chi connectivity index (χ0n) is 16.8. The number of anilines is 1. The molecule has 150 valence electrons. The summed E-state index contributed by atoms with van der Waals surface area (Å²) in [5.74, 6) is 0.